The summed E-state index contributed by atoms with van der Waals surface area (Å²) in [5.74, 6) is 1.49. The summed E-state index contributed by atoms with van der Waals surface area (Å²) in [4.78, 5) is 2.30. The quantitative estimate of drug-likeness (QED) is 0.311. The number of aromatic nitrogens is 2. The molecule has 1 unspecified atom stereocenters. The molecule has 0 aliphatic carbocycles. The zero-order valence-corrected chi connectivity index (χ0v) is 20.0. The summed E-state index contributed by atoms with van der Waals surface area (Å²) in [6, 6.07) is 30.0. The van der Waals surface area contributed by atoms with Crippen LogP contribution in [0.5, 0.6) is 11.6 Å². The first-order valence-electron chi connectivity index (χ1n) is 11.9. The maximum Gasteiger partial charge on any atom is 0.227 e. The Balaban J connectivity index is 1.61. The molecule has 0 saturated carbocycles. The van der Waals surface area contributed by atoms with Gasteiger partial charge in [-0.25, -0.2) is 4.68 Å². The van der Waals surface area contributed by atoms with Gasteiger partial charge in [0, 0.05) is 13.1 Å². The number of aliphatic hydroxyl groups excluding tert-OH is 1. The van der Waals surface area contributed by atoms with Crippen LogP contribution in [0.4, 0.5) is 0 Å². The fourth-order valence-electron chi connectivity index (χ4n) is 4.19. The largest absolute Gasteiger partial charge is 0.439 e. The van der Waals surface area contributed by atoms with Crippen LogP contribution in [0, 0.1) is 6.92 Å². The third-order valence-corrected chi connectivity index (χ3v) is 5.80. The Morgan fingerprint density at radius 2 is 1.53 bits per heavy atom. The van der Waals surface area contributed by atoms with Gasteiger partial charge in [0.15, 0.2) is 0 Å². The fraction of sp³-hybridized carbons (Fsp3) is 0.276. The van der Waals surface area contributed by atoms with Crippen molar-refractivity contribution in [2.45, 2.75) is 39.3 Å². The van der Waals surface area contributed by atoms with E-state index in [0.717, 1.165) is 41.2 Å². The van der Waals surface area contributed by atoms with Crippen molar-refractivity contribution in [2.24, 2.45) is 0 Å². The summed E-state index contributed by atoms with van der Waals surface area (Å²) < 4.78 is 8.28. The molecule has 176 valence electrons. The Kier molecular flexibility index (Phi) is 8.12. The lowest BCUT2D eigenvalue weighted by molar-refractivity contribution is 0.108. The molecular formula is C29H33N3O2. The van der Waals surface area contributed by atoms with Crippen LogP contribution in [-0.2, 0) is 13.0 Å². The monoisotopic (exact) mass is 455 g/mol. The van der Waals surface area contributed by atoms with E-state index in [2.05, 4.69) is 24.0 Å². The average molecular weight is 456 g/mol. The second-order valence-electron chi connectivity index (χ2n) is 8.61. The molecule has 0 aliphatic heterocycles. The van der Waals surface area contributed by atoms with E-state index in [0.29, 0.717) is 25.4 Å². The van der Waals surface area contributed by atoms with Gasteiger partial charge in [0.05, 0.1) is 23.0 Å². The molecule has 1 heterocycles. The molecule has 3 aromatic carbocycles. The molecule has 34 heavy (non-hydrogen) atoms. The van der Waals surface area contributed by atoms with Crippen LogP contribution in [0.2, 0.25) is 0 Å². The van der Waals surface area contributed by atoms with Crippen LogP contribution in [0.15, 0.2) is 91.0 Å². The number of aliphatic hydroxyl groups is 1. The summed E-state index contributed by atoms with van der Waals surface area (Å²) in [7, 11) is 0. The molecule has 1 atom stereocenters. The summed E-state index contributed by atoms with van der Waals surface area (Å²) in [6.45, 7) is 6.31. The molecule has 4 aromatic rings. The van der Waals surface area contributed by atoms with Gasteiger partial charge in [0.1, 0.15) is 5.75 Å². The maximum atomic E-state index is 10.8. The predicted octanol–water partition coefficient (Wildman–Crippen LogP) is 5.79. The second kappa shape index (κ2) is 11.6. The van der Waals surface area contributed by atoms with Crippen LogP contribution in [0.1, 0.15) is 30.2 Å². The van der Waals surface area contributed by atoms with E-state index in [1.54, 1.807) is 0 Å². The molecule has 4 rings (SSSR count). The summed E-state index contributed by atoms with van der Waals surface area (Å²) in [5.41, 5.74) is 4.06. The highest BCUT2D eigenvalue weighted by Crippen LogP contribution is 2.31. The molecule has 5 heteroatoms. The molecule has 0 aliphatic rings. The first kappa shape index (κ1) is 23.7. The van der Waals surface area contributed by atoms with Crippen LogP contribution in [-0.4, -0.2) is 39.0 Å². The molecule has 1 aromatic heterocycles. The van der Waals surface area contributed by atoms with Gasteiger partial charge in [-0.3, -0.25) is 4.90 Å². The highest BCUT2D eigenvalue weighted by Gasteiger charge is 2.22. The van der Waals surface area contributed by atoms with Crippen molar-refractivity contribution in [3.63, 3.8) is 0 Å². The van der Waals surface area contributed by atoms with Gasteiger partial charge < -0.3 is 9.84 Å². The van der Waals surface area contributed by atoms with Crippen LogP contribution in [0.25, 0.3) is 5.69 Å². The van der Waals surface area contributed by atoms with Crippen molar-refractivity contribution in [1.29, 1.82) is 0 Å². The molecule has 0 radical (unpaired) electrons. The van der Waals surface area contributed by atoms with Crippen molar-refractivity contribution in [3.05, 3.63) is 108 Å². The lowest BCUT2D eigenvalue weighted by Crippen LogP contribution is -2.34. The average Bonchev–Trinajstić information content (AvgIpc) is 3.16. The number of rotatable bonds is 11. The van der Waals surface area contributed by atoms with E-state index >= 15 is 0 Å². The molecule has 0 spiro atoms. The van der Waals surface area contributed by atoms with Gasteiger partial charge in [-0.05, 0) is 56.1 Å². The normalized spacial score (nSPS) is 12.1. The molecule has 5 nitrogen and oxygen atoms in total. The minimum absolute atomic E-state index is 0.447. The molecule has 0 fully saturated rings. The van der Waals surface area contributed by atoms with Crippen LogP contribution in [0.3, 0.4) is 0 Å². The number of aryl methyl sites for hydroxylation is 1. The third-order valence-electron chi connectivity index (χ3n) is 5.80. The van der Waals surface area contributed by atoms with Gasteiger partial charge in [-0.2, -0.15) is 5.10 Å². The highest BCUT2D eigenvalue weighted by atomic mass is 16.5. The number of nitrogens with zero attached hydrogens (tertiary/aromatic N) is 3. The molecule has 0 saturated heterocycles. The molecule has 0 amide bonds. The topological polar surface area (TPSA) is 50.5 Å². The number of benzene rings is 3. The Labute approximate surface area is 202 Å². The van der Waals surface area contributed by atoms with Crippen molar-refractivity contribution >= 4 is 0 Å². The van der Waals surface area contributed by atoms with Gasteiger partial charge in [-0.1, -0.05) is 73.7 Å². The van der Waals surface area contributed by atoms with E-state index in [-0.39, 0.29) is 0 Å². The minimum atomic E-state index is -0.447. The summed E-state index contributed by atoms with van der Waals surface area (Å²) in [5, 5.41) is 15.7. The van der Waals surface area contributed by atoms with E-state index in [1.807, 2.05) is 90.5 Å². The highest BCUT2D eigenvalue weighted by molar-refractivity contribution is 5.43. The Hall–Kier alpha value is -3.41. The Morgan fingerprint density at radius 3 is 2.18 bits per heavy atom. The lowest BCUT2D eigenvalue weighted by Gasteiger charge is -2.25. The van der Waals surface area contributed by atoms with Crippen LogP contribution >= 0.6 is 0 Å². The molecular weight excluding hydrogens is 422 g/mol. The first-order chi connectivity index (χ1) is 16.6. The lowest BCUT2D eigenvalue weighted by atomic mass is 10.1. The zero-order chi connectivity index (χ0) is 23.8. The van der Waals surface area contributed by atoms with E-state index in [1.165, 1.54) is 0 Å². The fourth-order valence-corrected chi connectivity index (χ4v) is 4.19. The summed E-state index contributed by atoms with van der Waals surface area (Å²) >= 11 is 0. The van der Waals surface area contributed by atoms with Crippen molar-refractivity contribution in [2.75, 3.05) is 13.1 Å². The standard InChI is InChI=1S/C29H33N3O2/c1-3-19-31(21-26(33)20-24-13-7-4-8-14-24)22-28-23(2)30-32(25-15-9-5-10-16-25)29(28)34-27-17-11-6-12-18-27/h4-18,26,33H,3,19-22H2,1-2H3. The van der Waals surface area contributed by atoms with E-state index in [9.17, 15) is 5.11 Å². The van der Waals surface area contributed by atoms with Gasteiger partial charge in [0.25, 0.3) is 0 Å². The molecule has 1 N–H and O–H groups in total. The number of hydrogen-bond donors (Lipinski definition) is 1. The van der Waals surface area contributed by atoms with Gasteiger partial charge in [0.2, 0.25) is 5.88 Å². The van der Waals surface area contributed by atoms with E-state index in [4.69, 9.17) is 9.84 Å². The zero-order valence-electron chi connectivity index (χ0n) is 20.0. The first-order valence-corrected chi connectivity index (χ1v) is 11.9. The van der Waals surface area contributed by atoms with E-state index < -0.39 is 6.10 Å². The Bertz CT molecular complexity index is 1140. The molecule has 0 bridgehead atoms. The SMILES string of the molecule is CCCN(Cc1c(C)nn(-c2ccccc2)c1Oc1ccccc1)CC(O)Cc1ccccc1. The van der Waals surface area contributed by atoms with Gasteiger partial charge in [-0.15, -0.1) is 0 Å². The van der Waals surface area contributed by atoms with Crippen molar-refractivity contribution in [3.8, 4) is 17.3 Å². The van der Waals surface area contributed by atoms with Crippen molar-refractivity contribution in [1.82, 2.24) is 14.7 Å². The minimum Gasteiger partial charge on any atom is -0.439 e. The summed E-state index contributed by atoms with van der Waals surface area (Å²) in [6.07, 6.45) is 1.19. The second-order valence-corrected chi connectivity index (χ2v) is 8.61. The third kappa shape index (κ3) is 6.13. The van der Waals surface area contributed by atoms with Crippen molar-refractivity contribution < 1.29 is 9.84 Å². The van der Waals surface area contributed by atoms with Crippen LogP contribution < -0.4 is 4.74 Å². The maximum absolute atomic E-state index is 10.8. The smallest absolute Gasteiger partial charge is 0.227 e. The Morgan fingerprint density at radius 1 is 0.912 bits per heavy atom. The number of hydrogen-bond acceptors (Lipinski definition) is 4. The number of para-hydroxylation sites is 2. The predicted molar refractivity (Wildman–Crippen MR) is 137 cm³/mol. The number of ether oxygens (including phenoxy) is 1. The van der Waals surface area contributed by atoms with Gasteiger partial charge >= 0.3 is 0 Å².